The minimum absolute atomic E-state index is 0.120. The Morgan fingerprint density at radius 3 is 2.21 bits per heavy atom. The highest BCUT2D eigenvalue weighted by Crippen LogP contribution is 2.31. The number of carbonyl (C=O) groups excluding carboxylic acids is 1. The van der Waals surface area contributed by atoms with Gasteiger partial charge in [0.25, 0.3) is 5.91 Å². The Hall–Kier alpha value is -3.52. The Labute approximate surface area is 201 Å². The van der Waals surface area contributed by atoms with Gasteiger partial charge in [-0.25, -0.2) is 8.42 Å². The molecule has 0 radical (unpaired) electrons. The lowest BCUT2D eigenvalue weighted by atomic mass is 10.1. The zero-order valence-electron chi connectivity index (χ0n) is 19.7. The largest absolute Gasteiger partial charge is 0.492 e. The topological polar surface area (TPSA) is 84.9 Å². The lowest BCUT2D eigenvalue weighted by molar-refractivity contribution is 0.0947. The molecule has 0 aliphatic heterocycles. The molecule has 0 aliphatic rings. The molecule has 0 unspecified atom stereocenters. The van der Waals surface area contributed by atoms with Crippen LogP contribution in [0.4, 0.5) is 5.69 Å². The van der Waals surface area contributed by atoms with Crippen LogP contribution in [0.3, 0.4) is 0 Å². The maximum Gasteiger partial charge on any atom is 0.251 e. The second-order valence-corrected chi connectivity index (χ2v) is 9.64. The molecule has 0 fully saturated rings. The fraction of sp³-hybridized carbons (Fsp3) is 0.269. The molecule has 0 saturated heterocycles. The Bertz CT molecular complexity index is 1210. The summed E-state index contributed by atoms with van der Waals surface area (Å²) in [5, 5.41) is 2.83. The number of hydrogen-bond donors (Lipinski definition) is 1. The lowest BCUT2D eigenvalue weighted by Gasteiger charge is -2.24. The number of anilines is 1. The molecule has 34 heavy (non-hydrogen) atoms. The first-order valence-electron chi connectivity index (χ1n) is 11.0. The van der Waals surface area contributed by atoms with Crippen LogP contribution in [0.15, 0.2) is 72.8 Å². The second-order valence-electron chi connectivity index (χ2n) is 7.74. The molecule has 0 aliphatic carbocycles. The molecule has 7 nitrogen and oxygen atoms in total. The number of nitrogens with one attached hydrogen (secondary N) is 1. The molecule has 1 N–H and O–H groups in total. The van der Waals surface area contributed by atoms with E-state index in [0.29, 0.717) is 36.8 Å². The van der Waals surface area contributed by atoms with E-state index in [0.717, 1.165) is 23.1 Å². The summed E-state index contributed by atoms with van der Waals surface area (Å²) in [6.45, 7) is 5.09. The van der Waals surface area contributed by atoms with Crippen molar-refractivity contribution in [2.45, 2.75) is 20.4 Å². The molecular formula is C26H30N2O5S. The second kappa shape index (κ2) is 11.6. The van der Waals surface area contributed by atoms with Crippen LogP contribution in [0.5, 0.6) is 11.5 Å². The summed E-state index contributed by atoms with van der Waals surface area (Å²) < 4.78 is 37.7. The molecule has 0 aromatic heterocycles. The lowest BCUT2D eigenvalue weighted by Crippen LogP contribution is -2.30. The summed E-state index contributed by atoms with van der Waals surface area (Å²) in [6.07, 6.45) is 1.16. The van der Waals surface area contributed by atoms with Crippen molar-refractivity contribution in [3.05, 3.63) is 89.5 Å². The Kier molecular flexibility index (Phi) is 8.54. The molecular weight excluding hydrogens is 452 g/mol. The van der Waals surface area contributed by atoms with Crippen LogP contribution in [0, 0.1) is 6.92 Å². The Morgan fingerprint density at radius 2 is 1.56 bits per heavy atom. The summed E-state index contributed by atoms with van der Waals surface area (Å²) in [6, 6.07) is 21.6. The summed E-state index contributed by atoms with van der Waals surface area (Å²) >= 11 is 0. The monoisotopic (exact) mass is 482 g/mol. The number of nitrogens with zero attached hydrogens (tertiary/aromatic N) is 1. The highest BCUT2D eigenvalue weighted by molar-refractivity contribution is 7.92. The van der Waals surface area contributed by atoms with Crippen molar-refractivity contribution in [1.29, 1.82) is 0 Å². The van der Waals surface area contributed by atoms with E-state index < -0.39 is 10.0 Å². The average Bonchev–Trinajstić information content (AvgIpc) is 2.81. The Balaban J connectivity index is 1.62. The maximum atomic E-state index is 12.5. The molecule has 3 aromatic carbocycles. The maximum absolute atomic E-state index is 12.5. The Morgan fingerprint density at radius 1 is 0.912 bits per heavy atom. The minimum Gasteiger partial charge on any atom is -0.492 e. The fourth-order valence-corrected chi connectivity index (χ4v) is 4.29. The SMILES string of the molecule is CCOc1ccccc1N(Cc1ccc(C(=O)NCCOc2ccccc2C)cc1)S(C)(=O)=O. The van der Waals surface area contributed by atoms with Gasteiger partial charge in [-0.15, -0.1) is 0 Å². The zero-order chi connectivity index (χ0) is 24.6. The summed E-state index contributed by atoms with van der Waals surface area (Å²) in [4.78, 5) is 12.5. The number of hydrogen-bond acceptors (Lipinski definition) is 5. The third-order valence-corrected chi connectivity index (χ3v) is 6.24. The molecule has 3 aromatic rings. The normalized spacial score (nSPS) is 11.0. The highest BCUT2D eigenvalue weighted by atomic mass is 32.2. The van der Waals surface area contributed by atoms with Crippen LogP contribution >= 0.6 is 0 Å². The number of para-hydroxylation sites is 3. The standard InChI is InChI=1S/C26H30N2O5S/c1-4-32-25-12-8-6-10-23(25)28(34(3,30)31)19-21-13-15-22(16-14-21)26(29)27-17-18-33-24-11-7-5-9-20(24)2/h5-16H,4,17-19H2,1-3H3,(H,27,29). The molecule has 8 heteroatoms. The number of carbonyl (C=O) groups is 1. The van der Waals surface area contributed by atoms with Gasteiger partial charge >= 0.3 is 0 Å². The van der Waals surface area contributed by atoms with Crippen molar-refractivity contribution in [3.8, 4) is 11.5 Å². The van der Waals surface area contributed by atoms with Crippen LogP contribution in [-0.2, 0) is 16.6 Å². The van der Waals surface area contributed by atoms with Gasteiger partial charge in [-0.1, -0.05) is 42.5 Å². The highest BCUT2D eigenvalue weighted by Gasteiger charge is 2.21. The minimum atomic E-state index is -3.56. The van der Waals surface area contributed by atoms with Crippen LogP contribution in [0.25, 0.3) is 0 Å². The van der Waals surface area contributed by atoms with E-state index in [2.05, 4.69) is 5.32 Å². The first-order chi connectivity index (χ1) is 16.3. The van der Waals surface area contributed by atoms with Crippen molar-refractivity contribution in [2.24, 2.45) is 0 Å². The van der Waals surface area contributed by atoms with Crippen molar-refractivity contribution >= 4 is 21.6 Å². The van der Waals surface area contributed by atoms with Crippen molar-refractivity contribution in [3.63, 3.8) is 0 Å². The van der Waals surface area contributed by atoms with Gasteiger partial charge in [0.15, 0.2) is 0 Å². The first kappa shape index (κ1) is 25.1. The van der Waals surface area contributed by atoms with E-state index in [1.54, 1.807) is 48.5 Å². The summed E-state index contributed by atoms with van der Waals surface area (Å²) in [5.41, 5.74) is 2.75. The van der Waals surface area contributed by atoms with E-state index in [9.17, 15) is 13.2 Å². The molecule has 0 bridgehead atoms. The van der Waals surface area contributed by atoms with Crippen LogP contribution in [-0.4, -0.2) is 40.3 Å². The predicted octanol–water partition coefficient (Wildman–Crippen LogP) is 4.17. The van der Waals surface area contributed by atoms with E-state index in [1.807, 2.05) is 38.1 Å². The molecule has 0 spiro atoms. The van der Waals surface area contributed by atoms with Crippen molar-refractivity contribution < 1.29 is 22.7 Å². The van der Waals surface area contributed by atoms with E-state index in [1.165, 1.54) is 4.31 Å². The molecule has 1 amide bonds. The van der Waals surface area contributed by atoms with Gasteiger partial charge in [0.05, 0.1) is 31.6 Å². The van der Waals surface area contributed by atoms with Crippen molar-refractivity contribution in [2.75, 3.05) is 30.3 Å². The molecule has 180 valence electrons. The van der Waals surface area contributed by atoms with Gasteiger partial charge in [0.2, 0.25) is 10.0 Å². The molecule has 3 rings (SSSR count). The quantitative estimate of drug-likeness (QED) is 0.415. The van der Waals surface area contributed by atoms with Gasteiger partial charge in [-0.05, 0) is 55.3 Å². The predicted molar refractivity (Wildman–Crippen MR) is 134 cm³/mol. The van der Waals surface area contributed by atoms with E-state index in [4.69, 9.17) is 9.47 Å². The third kappa shape index (κ3) is 6.74. The van der Waals surface area contributed by atoms with Gasteiger partial charge in [0, 0.05) is 5.56 Å². The van der Waals surface area contributed by atoms with Crippen LogP contribution in [0.2, 0.25) is 0 Å². The zero-order valence-corrected chi connectivity index (χ0v) is 20.5. The average molecular weight is 483 g/mol. The third-order valence-electron chi connectivity index (χ3n) is 5.12. The van der Waals surface area contributed by atoms with Crippen LogP contribution < -0.4 is 19.1 Å². The van der Waals surface area contributed by atoms with E-state index in [-0.39, 0.29) is 12.5 Å². The number of ether oxygens (including phenoxy) is 2. The van der Waals surface area contributed by atoms with Crippen molar-refractivity contribution in [1.82, 2.24) is 5.32 Å². The smallest absolute Gasteiger partial charge is 0.251 e. The number of aryl methyl sites for hydroxylation is 1. The van der Waals surface area contributed by atoms with Gasteiger partial charge in [-0.2, -0.15) is 0 Å². The molecule has 0 heterocycles. The molecule has 0 atom stereocenters. The summed E-state index contributed by atoms with van der Waals surface area (Å²) in [5.74, 6) is 1.07. The summed E-state index contributed by atoms with van der Waals surface area (Å²) in [7, 11) is -3.56. The van der Waals surface area contributed by atoms with Gasteiger partial charge in [-0.3, -0.25) is 9.10 Å². The van der Waals surface area contributed by atoms with Gasteiger partial charge < -0.3 is 14.8 Å². The van der Waals surface area contributed by atoms with Crippen LogP contribution in [0.1, 0.15) is 28.4 Å². The first-order valence-corrected chi connectivity index (χ1v) is 12.9. The fourth-order valence-electron chi connectivity index (χ4n) is 3.40. The number of rotatable bonds is 11. The molecule has 0 saturated carbocycles. The number of benzene rings is 3. The number of sulfonamides is 1. The van der Waals surface area contributed by atoms with E-state index >= 15 is 0 Å². The van der Waals surface area contributed by atoms with Gasteiger partial charge in [0.1, 0.15) is 18.1 Å². The number of amides is 1.